The molecular weight excluding hydrogens is 474 g/mol. The Balaban J connectivity index is 1.42. The van der Waals surface area contributed by atoms with Crippen molar-refractivity contribution >= 4 is 22.7 Å². The number of carbonyl (C=O) groups excluding carboxylic acids is 1. The third-order valence-electron chi connectivity index (χ3n) is 9.02. The van der Waals surface area contributed by atoms with E-state index in [2.05, 4.69) is 35.9 Å². The fourth-order valence-corrected chi connectivity index (χ4v) is 6.02. The first-order chi connectivity index (χ1) is 18.2. The third kappa shape index (κ3) is 6.84. The van der Waals surface area contributed by atoms with Crippen LogP contribution in [0.1, 0.15) is 79.5 Å². The van der Waals surface area contributed by atoms with Gasteiger partial charge in [-0.15, -0.1) is 0 Å². The average Bonchev–Trinajstić information content (AvgIpc) is 3.42. The standard InChI is InChI=1S/C31H49N5O2/c1-7-19-38-30(37)28(22(3)4)34-29-25-11-9-10-12-26(25)32-27(33-29)21-35-15-17-36(18-16-35)24-14-13-23(20-24)31(5,6)8-2/h9-12,22-24,28H,7-8,13-21H2,1-6H3,(H,32,33,34)/t23?,24?,28-/m0/s1. The van der Waals surface area contributed by atoms with Gasteiger partial charge in [-0.2, -0.15) is 0 Å². The summed E-state index contributed by atoms with van der Waals surface area (Å²) in [5.41, 5.74) is 1.36. The van der Waals surface area contributed by atoms with E-state index in [1.807, 2.05) is 45.0 Å². The van der Waals surface area contributed by atoms with Crippen molar-refractivity contribution in [3.05, 3.63) is 30.1 Å². The molecule has 2 fully saturated rings. The van der Waals surface area contributed by atoms with Crippen LogP contribution in [0.25, 0.3) is 10.9 Å². The quantitative estimate of drug-likeness (QED) is 0.377. The third-order valence-corrected chi connectivity index (χ3v) is 9.02. The molecule has 4 rings (SSSR count). The molecule has 0 spiro atoms. The second-order valence-electron chi connectivity index (χ2n) is 12.4. The zero-order chi connectivity index (χ0) is 27.3. The molecule has 7 nitrogen and oxygen atoms in total. The minimum absolute atomic E-state index is 0.0719. The van der Waals surface area contributed by atoms with Crippen LogP contribution in [-0.2, 0) is 16.1 Å². The second kappa shape index (κ2) is 12.7. The fraction of sp³-hybridized carbons (Fsp3) is 0.710. The van der Waals surface area contributed by atoms with Gasteiger partial charge in [-0.05, 0) is 55.1 Å². The molecule has 210 valence electrons. The number of hydrogen-bond acceptors (Lipinski definition) is 7. The predicted molar refractivity (Wildman–Crippen MR) is 155 cm³/mol. The van der Waals surface area contributed by atoms with Gasteiger partial charge in [0, 0.05) is 37.6 Å². The van der Waals surface area contributed by atoms with Crippen molar-refractivity contribution in [3.8, 4) is 0 Å². The molecule has 1 aromatic carbocycles. The number of esters is 1. The van der Waals surface area contributed by atoms with E-state index in [-0.39, 0.29) is 11.9 Å². The molecule has 1 saturated heterocycles. The molecule has 0 bridgehead atoms. The number of hydrogen-bond donors (Lipinski definition) is 1. The highest BCUT2D eigenvalue weighted by atomic mass is 16.5. The van der Waals surface area contributed by atoms with Gasteiger partial charge in [0.25, 0.3) is 0 Å². The van der Waals surface area contributed by atoms with E-state index in [0.717, 1.165) is 67.8 Å². The number of fused-ring (bicyclic) bond motifs is 1. The lowest BCUT2D eigenvalue weighted by Gasteiger charge is -2.38. The van der Waals surface area contributed by atoms with Crippen LogP contribution in [0, 0.1) is 17.3 Å². The summed E-state index contributed by atoms with van der Waals surface area (Å²) in [5.74, 6) is 2.21. The maximum Gasteiger partial charge on any atom is 0.328 e. The molecule has 7 heteroatoms. The Kier molecular flexibility index (Phi) is 9.64. The average molecular weight is 524 g/mol. The summed E-state index contributed by atoms with van der Waals surface area (Å²) in [5, 5.41) is 4.35. The van der Waals surface area contributed by atoms with Crippen LogP contribution in [0.15, 0.2) is 24.3 Å². The summed E-state index contributed by atoms with van der Waals surface area (Å²) in [6.45, 7) is 18.8. The van der Waals surface area contributed by atoms with Gasteiger partial charge in [-0.1, -0.05) is 60.1 Å². The van der Waals surface area contributed by atoms with Gasteiger partial charge in [0.2, 0.25) is 0 Å². The molecule has 1 aliphatic carbocycles. The van der Waals surface area contributed by atoms with Crippen LogP contribution >= 0.6 is 0 Å². The maximum atomic E-state index is 12.8. The summed E-state index contributed by atoms with van der Waals surface area (Å²) < 4.78 is 5.48. The number of ether oxygens (including phenoxy) is 1. The molecule has 2 aromatic rings. The van der Waals surface area contributed by atoms with Crippen molar-refractivity contribution in [3.63, 3.8) is 0 Å². The molecule has 3 atom stereocenters. The first-order valence-electron chi connectivity index (χ1n) is 14.9. The van der Waals surface area contributed by atoms with E-state index in [4.69, 9.17) is 14.7 Å². The summed E-state index contributed by atoms with van der Waals surface area (Å²) >= 11 is 0. The van der Waals surface area contributed by atoms with Crippen molar-refractivity contribution in [2.24, 2.45) is 17.3 Å². The Morgan fingerprint density at radius 2 is 1.84 bits per heavy atom. The number of piperazine rings is 1. The van der Waals surface area contributed by atoms with E-state index in [9.17, 15) is 4.79 Å². The highest BCUT2D eigenvalue weighted by Crippen LogP contribution is 2.43. The van der Waals surface area contributed by atoms with Gasteiger partial charge < -0.3 is 10.1 Å². The SMILES string of the molecule is CCCOC(=O)[C@@H](Nc1nc(CN2CCN(C3CCC(C(C)(C)CC)C3)CC2)nc2ccccc12)C(C)C. The summed E-state index contributed by atoms with van der Waals surface area (Å²) in [6.07, 6.45) is 6.13. The Bertz CT molecular complexity index is 1060. The van der Waals surface area contributed by atoms with Gasteiger partial charge in [-0.3, -0.25) is 9.80 Å². The number of aromatic nitrogens is 2. The molecule has 2 heterocycles. The summed E-state index contributed by atoms with van der Waals surface area (Å²) in [6, 6.07) is 8.32. The zero-order valence-electron chi connectivity index (χ0n) is 24.5. The number of anilines is 1. The molecule has 1 saturated carbocycles. The van der Waals surface area contributed by atoms with Crippen molar-refractivity contribution in [1.82, 2.24) is 19.8 Å². The Morgan fingerprint density at radius 3 is 2.53 bits per heavy atom. The highest BCUT2D eigenvalue weighted by Gasteiger charge is 2.37. The molecule has 38 heavy (non-hydrogen) atoms. The van der Waals surface area contributed by atoms with Crippen molar-refractivity contribution < 1.29 is 9.53 Å². The number of carbonyl (C=O) groups is 1. The molecule has 1 aliphatic heterocycles. The maximum absolute atomic E-state index is 12.8. The van der Waals surface area contributed by atoms with Crippen molar-refractivity contribution in [2.45, 2.75) is 92.3 Å². The van der Waals surface area contributed by atoms with Crippen LogP contribution in [-0.4, -0.2) is 70.6 Å². The van der Waals surface area contributed by atoms with Crippen LogP contribution < -0.4 is 5.32 Å². The molecule has 2 aliphatic rings. The van der Waals surface area contributed by atoms with Crippen LogP contribution in [0.2, 0.25) is 0 Å². The van der Waals surface area contributed by atoms with Gasteiger partial charge in [0.15, 0.2) is 0 Å². The second-order valence-corrected chi connectivity index (χ2v) is 12.4. The first-order valence-corrected chi connectivity index (χ1v) is 14.9. The summed E-state index contributed by atoms with van der Waals surface area (Å²) in [4.78, 5) is 27.8. The number of para-hydroxylation sites is 1. The monoisotopic (exact) mass is 523 g/mol. The van der Waals surface area contributed by atoms with Crippen LogP contribution in [0.3, 0.4) is 0 Å². The van der Waals surface area contributed by atoms with Gasteiger partial charge >= 0.3 is 5.97 Å². The highest BCUT2D eigenvalue weighted by molar-refractivity contribution is 5.91. The van der Waals surface area contributed by atoms with E-state index in [1.54, 1.807) is 0 Å². The topological polar surface area (TPSA) is 70.6 Å². The van der Waals surface area contributed by atoms with E-state index >= 15 is 0 Å². The number of nitrogens with zero attached hydrogens (tertiary/aromatic N) is 4. The van der Waals surface area contributed by atoms with Crippen LogP contribution in [0.5, 0.6) is 0 Å². The first kappa shape index (κ1) is 28.8. The van der Waals surface area contributed by atoms with E-state index < -0.39 is 6.04 Å². The lowest BCUT2D eigenvalue weighted by Crippen LogP contribution is -2.49. The molecule has 1 N–H and O–H groups in total. The largest absolute Gasteiger partial charge is 0.464 e. The predicted octanol–water partition coefficient (Wildman–Crippen LogP) is 5.74. The normalized spacial score (nSPS) is 22.2. The molecule has 1 aromatic heterocycles. The molecule has 0 amide bonds. The molecule has 0 radical (unpaired) electrons. The van der Waals surface area contributed by atoms with Gasteiger partial charge in [0.1, 0.15) is 17.7 Å². The number of benzene rings is 1. The van der Waals surface area contributed by atoms with Gasteiger partial charge in [-0.25, -0.2) is 14.8 Å². The van der Waals surface area contributed by atoms with Crippen LogP contribution in [0.4, 0.5) is 5.82 Å². The van der Waals surface area contributed by atoms with Crippen molar-refractivity contribution in [2.75, 3.05) is 38.1 Å². The Hall–Kier alpha value is -2.25. The molecular formula is C31H49N5O2. The minimum Gasteiger partial charge on any atom is -0.464 e. The van der Waals surface area contributed by atoms with Gasteiger partial charge in [0.05, 0.1) is 18.7 Å². The lowest BCUT2D eigenvalue weighted by atomic mass is 9.76. The zero-order valence-corrected chi connectivity index (χ0v) is 24.5. The van der Waals surface area contributed by atoms with Crippen molar-refractivity contribution in [1.29, 1.82) is 0 Å². The van der Waals surface area contributed by atoms with E-state index in [0.29, 0.717) is 17.8 Å². The Labute approximate surface area is 229 Å². The fourth-order valence-electron chi connectivity index (χ4n) is 6.02. The number of rotatable bonds is 11. The molecule has 2 unspecified atom stereocenters. The summed E-state index contributed by atoms with van der Waals surface area (Å²) in [7, 11) is 0. The Morgan fingerprint density at radius 1 is 1.11 bits per heavy atom. The lowest BCUT2D eigenvalue weighted by molar-refractivity contribution is -0.145. The number of nitrogens with one attached hydrogen (secondary N) is 1. The smallest absolute Gasteiger partial charge is 0.328 e. The van der Waals surface area contributed by atoms with E-state index in [1.165, 1.54) is 25.7 Å². The minimum atomic E-state index is -0.454.